The summed E-state index contributed by atoms with van der Waals surface area (Å²) in [6.07, 6.45) is 3.33. The number of aryl methyl sites for hydroxylation is 1. The summed E-state index contributed by atoms with van der Waals surface area (Å²) < 4.78 is 2.63. The number of carbonyl (C=O) groups excluding carboxylic acids is 1. The van der Waals surface area contributed by atoms with Crippen LogP contribution in [0.15, 0.2) is 53.4 Å². The van der Waals surface area contributed by atoms with Crippen molar-refractivity contribution in [2.45, 2.75) is 6.92 Å². The summed E-state index contributed by atoms with van der Waals surface area (Å²) in [7, 11) is 0. The van der Waals surface area contributed by atoms with Crippen molar-refractivity contribution in [3.63, 3.8) is 0 Å². The highest BCUT2D eigenvalue weighted by Crippen LogP contribution is 2.10. The Morgan fingerprint density at radius 1 is 1.16 bits per heavy atom. The number of nitrogens with one attached hydrogen (secondary N) is 2. The summed E-state index contributed by atoms with van der Waals surface area (Å²) in [5.74, 6) is 1.25. The fourth-order valence-corrected chi connectivity index (χ4v) is 2.45. The molecule has 0 aliphatic carbocycles. The first-order valence-corrected chi connectivity index (χ1v) is 8.53. The third-order valence-electron chi connectivity index (χ3n) is 3.43. The van der Waals surface area contributed by atoms with E-state index in [4.69, 9.17) is 0 Å². The third kappa shape index (κ3) is 4.63. The Hall–Kier alpha value is -2.74. The highest BCUT2D eigenvalue weighted by atomic mass is 79.9. The van der Waals surface area contributed by atoms with Crippen LogP contribution in [0.25, 0.3) is 5.82 Å². The lowest BCUT2D eigenvalue weighted by Crippen LogP contribution is -2.28. The zero-order valence-electron chi connectivity index (χ0n) is 13.6. The molecule has 0 saturated heterocycles. The van der Waals surface area contributed by atoms with E-state index in [1.807, 2.05) is 37.4 Å². The second-order valence-electron chi connectivity index (χ2n) is 5.35. The molecule has 0 fully saturated rings. The molecule has 0 aliphatic heterocycles. The van der Waals surface area contributed by atoms with Crippen LogP contribution in [0.2, 0.25) is 0 Å². The van der Waals surface area contributed by atoms with Gasteiger partial charge < -0.3 is 10.6 Å². The molecule has 0 radical (unpaired) electrons. The molecule has 0 bridgehead atoms. The molecule has 0 saturated carbocycles. The van der Waals surface area contributed by atoms with Crippen LogP contribution in [-0.2, 0) is 0 Å². The van der Waals surface area contributed by atoms with Gasteiger partial charge in [-0.05, 0) is 37.3 Å². The predicted octanol–water partition coefficient (Wildman–Crippen LogP) is 2.58. The molecule has 0 aliphatic rings. The topological polar surface area (TPSA) is 84.7 Å². The van der Waals surface area contributed by atoms with Gasteiger partial charge in [-0.2, -0.15) is 5.10 Å². The van der Waals surface area contributed by atoms with Gasteiger partial charge in [0, 0.05) is 35.4 Å². The van der Waals surface area contributed by atoms with Gasteiger partial charge in [0.05, 0.1) is 5.69 Å². The molecule has 8 heteroatoms. The lowest BCUT2D eigenvalue weighted by atomic mass is 10.2. The summed E-state index contributed by atoms with van der Waals surface area (Å²) >= 11 is 3.35. The van der Waals surface area contributed by atoms with Crippen molar-refractivity contribution in [1.82, 2.24) is 25.1 Å². The first-order chi connectivity index (χ1) is 12.1. The van der Waals surface area contributed by atoms with E-state index >= 15 is 0 Å². The van der Waals surface area contributed by atoms with Crippen molar-refractivity contribution < 1.29 is 4.79 Å². The van der Waals surface area contributed by atoms with E-state index in [0.717, 1.165) is 10.2 Å². The minimum atomic E-state index is -0.107. The standard InChI is InChI=1S/C17H17BrN6O/c1-12-6-9-24(23-12)16-10-15(21-11-22-16)19-7-8-20-17(25)13-2-4-14(18)5-3-13/h2-6,9-11H,7-8H2,1H3,(H,20,25)(H,19,21,22). The van der Waals surface area contributed by atoms with Crippen LogP contribution < -0.4 is 10.6 Å². The van der Waals surface area contributed by atoms with Crippen LogP contribution >= 0.6 is 15.9 Å². The van der Waals surface area contributed by atoms with Crippen LogP contribution in [0.5, 0.6) is 0 Å². The van der Waals surface area contributed by atoms with Gasteiger partial charge in [-0.1, -0.05) is 15.9 Å². The summed E-state index contributed by atoms with van der Waals surface area (Å²) in [4.78, 5) is 20.4. The van der Waals surface area contributed by atoms with Gasteiger partial charge in [0.25, 0.3) is 5.91 Å². The molecule has 7 nitrogen and oxygen atoms in total. The minimum absolute atomic E-state index is 0.107. The van der Waals surface area contributed by atoms with Crippen LogP contribution in [0.4, 0.5) is 5.82 Å². The number of benzene rings is 1. The summed E-state index contributed by atoms with van der Waals surface area (Å²) in [5.41, 5.74) is 1.55. The van der Waals surface area contributed by atoms with Gasteiger partial charge in [0.2, 0.25) is 0 Å². The lowest BCUT2D eigenvalue weighted by molar-refractivity contribution is 0.0955. The predicted molar refractivity (Wildman–Crippen MR) is 98.9 cm³/mol. The highest BCUT2D eigenvalue weighted by Gasteiger charge is 2.05. The molecule has 1 amide bonds. The number of nitrogens with zero attached hydrogens (tertiary/aromatic N) is 4. The van der Waals surface area contributed by atoms with E-state index in [-0.39, 0.29) is 5.91 Å². The number of anilines is 1. The van der Waals surface area contributed by atoms with E-state index < -0.39 is 0 Å². The molecule has 1 aromatic carbocycles. The number of amides is 1. The maximum Gasteiger partial charge on any atom is 0.251 e. The van der Waals surface area contributed by atoms with E-state index in [1.165, 1.54) is 6.33 Å². The molecule has 25 heavy (non-hydrogen) atoms. The van der Waals surface area contributed by atoms with Crippen molar-refractivity contribution in [3.05, 3.63) is 64.7 Å². The SMILES string of the molecule is Cc1ccn(-c2cc(NCCNC(=O)c3ccc(Br)cc3)ncn2)n1. The maximum atomic E-state index is 12.0. The van der Waals surface area contributed by atoms with Gasteiger partial charge >= 0.3 is 0 Å². The first kappa shape index (κ1) is 17.1. The quantitative estimate of drug-likeness (QED) is 0.621. The largest absolute Gasteiger partial charge is 0.368 e. The Morgan fingerprint density at radius 2 is 1.96 bits per heavy atom. The molecular formula is C17H17BrN6O. The summed E-state index contributed by atoms with van der Waals surface area (Å²) in [5, 5.41) is 10.3. The van der Waals surface area contributed by atoms with E-state index in [1.54, 1.807) is 16.8 Å². The fraction of sp³-hybridized carbons (Fsp3) is 0.176. The average Bonchev–Trinajstić information content (AvgIpc) is 3.06. The van der Waals surface area contributed by atoms with Gasteiger partial charge in [-0.25, -0.2) is 14.6 Å². The monoisotopic (exact) mass is 400 g/mol. The molecule has 0 atom stereocenters. The normalized spacial score (nSPS) is 10.5. The van der Waals surface area contributed by atoms with Crippen molar-refractivity contribution in [2.24, 2.45) is 0 Å². The fourth-order valence-electron chi connectivity index (χ4n) is 2.18. The van der Waals surface area contributed by atoms with E-state index in [2.05, 4.69) is 41.6 Å². The molecule has 2 aromatic heterocycles. The van der Waals surface area contributed by atoms with E-state index in [9.17, 15) is 4.79 Å². The highest BCUT2D eigenvalue weighted by molar-refractivity contribution is 9.10. The number of halogens is 1. The number of carbonyl (C=O) groups is 1. The summed E-state index contributed by atoms with van der Waals surface area (Å²) in [6, 6.07) is 10.9. The van der Waals surface area contributed by atoms with Crippen LogP contribution in [0.1, 0.15) is 16.1 Å². The Labute approximate surface area is 153 Å². The minimum Gasteiger partial charge on any atom is -0.368 e. The Bertz CT molecular complexity index is 862. The van der Waals surface area contributed by atoms with Crippen molar-refractivity contribution >= 4 is 27.7 Å². The van der Waals surface area contributed by atoms with Gasteiger partial charge in [0.15, 0.2) is 5.82 Å². The molecule has 2 heterocycles. The van der Waals surface area contributed by atoms with Crippen molar-refractivity contribution in [3.8, 4) is 5.82 Å². The number of rotatable bonds is 6. The van der Waals surface area contributed by atoms with Gasteiger partial charge in [-0.15, -0.1) is 0 Å². The first-order valence-electron chi connectivity index (χ1n) is 7.74. The van der Waals surface area contributed by atoms with Crippen LogP contribution in [0, 0.1) is 6.92 Å². The van der Waals surface area contributed by atoms with Crippen LogP contribution in [-0.4, -0.2) is 38.7 Å². The zero-order valence-corrected chi connectivity index (χ0v) is 15.2. The lowest BCUT2D eigenvalue weighted by Gasteiger charge is -2.08. The molecule has 2 N–H and O–H groups in total. The van der Waals surface area contributed by atoms with Gasteiger partial charge in [0.1, 0.15) is 12.1 Å². The van der Waals surface area contributed by atoms with Crippen LogP contribution in [0.3, 0.4) is 0 Å². The molecule has 0 unspecified atom stereocenters. The second-order valence-corrected chi connectivity index (χ2v) is 6.27. The molecule has 128 valence electrons. The Kier molecular flexibility index (Phi) is 5.39. The second kappa shape index (κ2) is 7.89. The number of hydrogen-bond donors (Lipinski definition) is 2. The Morgan fingerprint density at radius 3 is 2.68 bits per heavy atom. The van der Waals surface area contributed by atoms with Gasteiger partial charge in [-0.3, -0.25) is 4.79 Å². The Balaban J connectivity index is 1.50. The molecule has 0 spiro atoms. The maximum absolute atomic E-state index is 12.0. The number of hydrogen-bond acceptors (Lipinski definition) is 5. The molecule has 3 rings (SSSR count). The van der Waals surface area contributed by atoms with E-state index in [0.29, 0.717) is 30.3 Å². The van der Waals surface area contributed by atoms with Crippen molar-refractivity contribution in [1.29, 1.82) is 0 Å². The number of aromatic nitrogens is 4. The average molecular weight is 401 g/mol. The molecular weight excluding hydrogens is 384 g/mol. The summed E-state index contributed by atoms with van der Waals surface area (Å²) in [6.45, 7) is 2.96. The smallest absolute Gasteiger partial charge is 0.251 e. The van der Waals surface area contributed by atoms with Crippen molar-refractivity contribution in [2.75, 3.05) is 18.4 Å². The zero-order chi connectivity index (χ0) is 17.6. The molecule has 3 aromatic rings. The third-order valence-corrected chi connectivity index (χ3v) is 3.96.